The molecule has 0 aromatic carbocycles. The van der Waals surface area contributed by atoms with Gasteiger partial charge in [-0.1, -0.05) is 314 Å². The Kier molecular flexibility index (Phi) is 59.4. The normalized spacial score (nSPS) is 18.2. The molecule has 1 fully saturated rings. The van der Waals surface area contributed by atoms with Gasteiger partial charge in [0.1, 0.15) is 24.4 Å². The van der Waals surface area contributed by atoms with Crippen LogP contribution in [0.5, 0.6) is 0 Å². The molecule has 11 heteroatoms. The predicted molar refractivity (Wildman–Crippen MR) is 352 cm³/mol. The van der Waals surface area contributed by atoms with Crippen molar-refractivity contribution in [3.8, 4) is 0 Å². The van der Waals surface area contributed by atoms with Crippen molar-refractivity contribution in [2.75, 3.05) is 19.8 Å². The second kappa shape index (κ2) is 62.5. The summed E-state index contributed by atoms with van der Waals surface area (Å²) in [5, 5.41) is 54.3. The minimum Gasteiger partial charge on any atom is -0.466 e. The average molecular weight is 1190 g/mol. The molecular weight excluding hydrogens is 1050 g/mol. The molecule has 0 radical (unpaired) electrons. The first-order valence-corrected chi connectivity index (χ1v) is 36.3. The summed E-state index contributed by atoms with van der Waals surface area (Å²) in [6.07, 6.45) is 70.2. The van der Waals surface area contributed by atoms with E-state index in [9.17, 15) is 35.1 Å². The number of unbranched alkanes of at least 4 members (excludes halogenated alkanes) is 46. The first kappa shape index (κ1) is 79.9. The molecule has 494 valence electrons. The number of nitrogens with one attached hydrogen (secondary N) is 1. The lowest BCUT2D eigenvalue weighted by Gasteiger charge is -2.40. The van der Waals surface area contributed by atoms with E-state index in [-0.39, 0.29) is 18.5 Å². The van der Waals surface area contributed by atoms with Crippen LogP contribution in [0.3, 0.4) is 0 Å². The first-order chi connectivity index (χ1) is 41.2. The van der Waals surface area contributed by atoms with Gasteiger partial charge in [-0.05, 0) is 64.2 Å². The summed E-state index contributed by atoms with van der Waals surface area (Å²) >= 11 is 0. The van der Waals surface area contributed by atoms with Gasteiger partial charge in [0.25, 0.3) is 0 Å². The Morgan fingerprint density at radius 3 is 1.20 bits per heavy atom. The van der Waals surface area contributed by atoms with Crippen LogP contribution in [0.2, 0.25) is 0 Å². The molecule has 0 aromatic rings. The maximum Gasteiger partial charge on any atom is 0.305 e. The highest BCUT2D eigenvalue weighted by Gasteiger charge is 2.44. The standard InChI is InChI=1S/C73H137NO10/c1-3-5-7-9-11-13-14-15-16-35-38-41-45-49-53-57-61-69(78)82-62-58-54-50-46-42-39-36-33-31-29-27-25-23-21-19-17-18-20-22-24-26-28-30-32-34-37-40-44-48-52-56-60-68(77)74-65(66(76)59-55-51-47-43-12-10-8-6-4-2)64-83-73-72(81)71(80)70(79)67(63-75)84-73/h19,21,25,27,55,59,65-67,70-73,75-76,79-81H,3-18,20,22-24,26,28-54,56-58,60-64H2,1-2H3,(H,74,77)/b21-19-,27-25-,59-55+. The fraction of sp³-hybridized carbons (Fsp3) is 0.890. The Labute approximate surface area is 517 Å². The summed E-state index contributed by atoms with van der Waals surface area (Å²) in [7, 11) is 0. The van der Waals surface area contributed by atoms with E-state index in [1.54, 1.807) is 6.08 Å². The van der Waals surface area contributed by atoms with E-state index >= 15 is 0 Å². The van der Waals surface area contributed by atoms with Crippen molar-refractivity contribution < 1.29 is 49.3 Å². The summed E-state index contributed by atoms with van der Waals surface area (Å²) in [4.78, 5) is 25.1. The molecule has 0 spiro atoms. The summed E-state index contributed by atoms with van der Waals surface area (Å²) in [5.41, 5.74) is 0. The smallest absolute Gasteiger partial charge is 0.305 e. The Hall–Kier alpha value is -2.12. The highest BCUT2D eigenvalue weighted by Crippen LogP contribution is 2.23. The van der Waals surface area contributed by atoms with Crippen LogP contribution in [0.4, 0.5) is 0 Å². The summed E-state index contributed by atoms with van der Waals surface area (Å²) < 4.78 is 16.7. The van der Waals surface area contributed by atoms with Crippen LogP contribution in [-0.4, -0.2) is 100 Å². The topological polar surface area (TPSA) is 175 Å². The number of esters is 1. The molecule has 0 bridgehead atoms. The van der Waals surface area contributed by atoms with Gasteiger partial charge in [-0.3, -0.25) is 9.59 Å². The van der Waals surface area contributed by atoms with Crippen LogP contribution >= 0.6 is 0 Å². The van der Waals surface area contributed by atoms with E-state index in [2.05, 4.69) is 43.5 Å². The summed E-state index contributed by atoms with van der Waals surface area (Å²) in [6.45, 7) is 4.35. The predicted octanol–water partition coefficient (Wildman–Crippen LogP) is 18.6. The molecule has 1 aliphatic rings. The Morgan fingerprint density at radius 1 is 0.440 bits per heavy atom. The molecule has 1 aliphatic heterocycles. The minimum atomic E-state index is -1.57. The molecule has 0 aromatic heterocycles. The lowest BCUT2D eigenvalue weighted by molar-refractivity contribution is -0.302. The number of hydrogen-bond acceptors (Lipinski definition) is 10. The van der Waals surface area contributed by atoms with Crippen molar-refractivity contribution in [2.45, 2.75) is 397 Å². The lowest BCUT2D eigenvalue weighted by Crippen LogP contribution is -2.60. The van der Waals surface area contributed by atoms with Gasteiger partial charge in [0, 0.05) is 12.8 Å². The maximum absolute atomic E-state index is 13.0. The summed E-state index contributed by atoms with van der Waals surface area (Å²) in [5.74, 6) is -0.173. The second-order valence-electron chi connectivity index (χ2n) is 25.3. The van der Waals surface area contributed by atoms with Crippen molar-refractivity contribution in [3.63, 3.8) is 0 Å². The van der Waals surface area contributed by atoms with E-state index in [0.717, 1.165) is 57.8 Å². The Morgan fingerprint density at radius 2 is 0.798 bits per heavy atom. The number of carbonyl (C=O) groups is 2. The van der Waals surface area contributed by atoms with Crippen molar-refractivity contribution in [1.82, 2.24) is 5.32 Å². The van der Waals surface area contributed by atoms with Crippen LogP contribution in [-0.2, 0) is 23.8 Å². The SMILES string of the molecule is CCCCCCCCC/C=C/C(O)C(COC1OC(CO)C(O)C(O)C1O)NC(=O)CCCCCCCCCCCCCCCCC/C=C\C/C=C\CCCCCCCCCCCOC(=O)CCCCCCCCCCCCCCCCCC. The number of rotatable bonds is 64. The van der Waals surface area contributed by atoms with Gasteiger partial charge >= 0.3 is 5.97 Å². The fourth-order valence-corrected chi connectivity index (χ4v) is 11.5. The van der Waals surface area contributed by atoms with Gasteiger partial charge in [-0.2, -0.15) is 0 Å². The quantitative estimate of drug-likeness (QED) is 0.0195. The molecule has 7 atom stereocenters. The molecule has 7 unspecified atom stereocenters. The molecule has 0 saturated carbocycles. The fourth-order valence-electron chi connectivity index (χ4n) is 11.5. The van der Waals surface area contributed by atoms with Gasteiger partial charge in [0.2, 0.25) is 5.91 Å². The number of amides is 1. The van der Waals surface area contributed by atoms with Crippen molar-refractivity contribution in [3.05, 3.63) is 36.5 Å². The number of hydrogen-bond donors (Lipinski definition) is 6. The Balaban J connectivity index is 1.91. The zero-order valence-corrected chi connectivity index (χ0v) is 54.9. The van der Waals surface area contributed by atoms with Crippen molar-refractivity contribution >= 4 is 11.9 Å². The van der Waals surface area contributed by atoms with E-state index in [0.29, 0.717) is 19.4 Å². The molecular formula is C73H137NO10. The van der Waals surface area contributed by atoms with Gasteiger partial charge in [-0.25, -0.2) is 0 Å². The number of carbonyl (C=O) groups excluding carboxylic acids is 2. The number of aliphatic hydroxyl groups is 5. The van der Waals surface area contributed by atoms with Gasteiger partial charge in [0.05, 0.1) is 32.0 Å². The monoisotopic (exact) mass is 1190 g/mol. The highest BCUT2D eigenvalue weighted by atomic mass is 16.7. The lowest BCUT2D eigenvalue weighted by atomic mass is 9.99. The van der Waals surface area contributed by atoms with Gasteiger partial charge < -0.3 is 45.1 Å². The minimum absolute atomic E-state index is 0.00906. The third kappa shape index (κ3) is 50.8. The first-order valence-electron chi connectivity index (χ1n) is 36.3. The third-order valence-corrected chi connectivity index (χ3v) is 17.2. The van der Waals surface area contributed by atoms with E-state index < -0.39 is 49.5 Å². The number of allylic oxidation sites excluding steroid dienone is 5. The van der Waals surface area contributed by atoms with E-state index in [4.69, 9.17) is 14.2 Å². The van der Waals surface area contributed by atoms with Crippen molar-refractivity contribution in [1.29, 1.82) is 0 Å². The maximum atomic E-state index is 13.0. The number of ether oxygens (including phenoxy) is 3. The van der Waals surface area contributed by atoms with Crippen LogP contribution in [0.15, 0.2) is 36.5 Å². The van der Waals surface area contributed by atoms with Crippen molar-refractivity contribution in [2.24, 2.45) is 0 Å². The second-order valence-corrected chi connectivity index (χ2v) is 25.3. The Bertz CT molecular complexity index is 1490. The molecule has 1 amide bonds. The molecule has 1 rings (SSSR count). The van der Waals surface area contributed by atoms with Crippen LogP contribution in [0.25, 0.3) is 0 Å². The molecule has 84 heavy (non-hydrogen) atoms. The van der Waals surface area contributed by atoms with Crippen LogP contribution in [0.1, 0.15) is 354 Å². The largest absolute Gasteiger partial charge is 0.466 e. The highest BCUT2D eigenvalue weighted by molar-refractivity contribution is 5.76. The molecule has 11 nitrogen and oxygen atoms in total. The zero-order valence-electron chi connectivity index (χ0n) is 54.9. The molecule has 0 aliphatic carbocycles. The summed E-state index contributed by atoms with van der Waals surface area (Å²) in [6, 6.07) is -0.808. The zero-order chi connectivity index (χ0) is 60.9. The van der Waals surface area contributed by atoms with Crippen LogP contribution in [0, 0.1) is 0 Å². The van der Waals surface area contributed by atoms with Gasteiger partial charge in [0.15, 0.2) is 6.29 Å². The van der Waals surface area contributed by atoms with E-state index in [1.165, 1.54) is 270 Å². The van der Waals surface area contributed by atoms with Crippen LogP contribution < -0.4 is 5.32 Å². The van der Waals surface area contributed by atoms with Gasteiger partial charge in [-0.15, -0.1) is 0 Å². The molecule has 1 heterocycles. The number of aliphatic hydroxyl groups excluding tert-OH is 5. The van der Waals surface area contributed by atoms with E-state index in [1.807, 2.05) is 6.08 Å². The third-order valence-electron chi connectivity index (χ3n) is 17.2. The average Bonchev–Trinajstić information content (AvgIpc) is 3.34. The molecule has 6 N–H and O–H groups in total. The molecule has 1 saturated heterocycles.